The summed E-state index contributed by atoms with van der Waals surface area (Å²) in [7, 11) is 0. The molecule has 1 aliphatic carbocycles. The first-order valence-electron chi connectivity index (χ1n) is 6.56. The van der Waals surface area contributed by atoms with E-state index in [-0.39, 0.29) is 0 Å². The van der Waals surface area contributed by atoms with Crippen LogP contribution in [0.2, 0.25) is 0 Å². The Balaban J connectivity index is 1.83. The van der Waals surface area contributed by atoms with E-state index in [4.69, 9.17) is 10.5 Å². The van der Waals surface area contributed by atoms with Crippen LogP contribution in [0.25, 0.3) is 0 Å². The van der Waals surface area contributed by atoms with Crippen molar-refractivity contribution in [2.24, 2.45) is 5.92 Å². The molecule has 0 saturated heterocycles. The Morgan fingerprint density at radius 1 is 1.41 bits per heavy atom. The smallest absolute Gasteiger partial charge is 0.144 e. The zero-order valence-corrected chi connectivity index (χ0v) is 10.5. The fourth-order valence-corrected chi connectivity index (χ4v) is 2.00. The summed E-state index contributed by atoms with van der Waals surface area (Å²) in [4.78, 5) is 0. The van der Waals surface area contributed by atoms with Crippen LogP contribution in [0, 0.1) is 5.92 Å². The lowest BCUT2D eigenvalue weighted by atomic mass is 10.2. The summed E-state index contributed by atoms with van der Waals surface area (Å²) in [6.45, 7) is 3.61. The Hall–Kier alpha value is -1.38. The molecule has 1 saturated carbocycles. The van der Waals surface area contributed by atoms with Gasteiger partial charge in [0.15, 0.2) is 0 Å². The number of benzene rings is 1. The van der Waals surface area contributed by atoms with E-state index in [1.165, 1.54) is 25.7 Å². The van der Waals surface area contributed by atoms with E-state index >= 15 is 0 Å². The highest BCUT2D eigenvalue weighted by molar-refractivity contribution is 5.72. The van der Waals surface area contributed by atoms with Gasteiger partial charge in [0.2, 0.25) is 0 Å². The molecule has 3 heteroatoms. The largest absolute Gasteiger partial charge is 0.492 e. The van der Waals surface area contributed by atoms with Gasteiger partial charge in [0.1, 0.15) is 5.75 Å². The van der Waals surface area contributed by atoms with Gasteiger partial charge >= 0.3 is 0 Å². The monoisotopic (exact) mass is 234 g/mol. The summed E-state index contributed by atoms with van der Waals surface area (Å²) in [5.74, 6) is 1.78. The molecule has 1 fully saturated rings. The fraction of sp³-hybridized carbons (Fsp3) is 0.571. The van der Waals surface area contributed by atoms with Crippen molar-refractivity contribution in [3.05, 3.63) is 18.2 Å². The molecule has 3 N–H and O–H groups in total. The molecular weight excluding hydrogens is 212 g/mol. The van der Waals surface area contributed by atoms with Crippen LogP contribution >= 0.6 is 0 Å². The topological polar surface area (TPSA) is 47.3 Å². The van der Waals surface area contributed by atoms with Crippen molar-refractivity contribution in [2.75, 3.05) is 24.2 Å². The van der Waals surface area contributed by atoms with Crippen LogP contribution in [0.3, 0.4) is 0 Å². The zero-order chi connectivity index (χ0) is 12.1. The lowest BCUT2D eigenvalue weighted by Crippen LogP contribution is -2.06. The van der Waals surface area contributed by atoms with Crippen molar-refractivity contribution < 1.29 is 4.74 Å². The van der Waals surface area contributed by atoms with Crippen molar-refractivity contribution in [1.29, 1.82) is 0 Å². The summed E-state index contributed by atoms with van der Waals surface area (Å²) in [5, 5.41) is 3.39. The maximum Gasteiger partial charge on any atom is 0.144 e. The standard InChI is InChI=1S/C14H22N2O/c1-2-17-13-7-3-6-12(14(13)15)16-10-4-5-11-8-9-11/h3,6-7,11,16H,2,4-5,8-10,15H2,1H3. The van der Waals surface area contributed by atoms with Crippen molar-refractivity contribution >= 4 is 11.4 Å². The van der Waals surface area contributed by atoms with Crippen LogP contribution in [0.15, 0.2) is 18.2 Å². The van der Waals surface area contributed by atoms with Gasteiger partial charge in [-0.2, -0.15) is 0 Å². The lowest BCUT2D eigenvalue weighted by Gasteiger charge is -2.12. The Kier molecular flexibility index (Phi) is 4.13. The first kappa shape index (κ1) is 12.1. The Morgan fingerprint density at radius 3 is 2.94 bits per heavy atom. The van der Waals surface area contributed by atoms with Crippen LogP contribution < -0.4 is 15.8 Å². The number of nitrogen functional groups attached to an aromatic ring is 1. The molecule has 0 amide bonds. The molecule has 3 nitrogen and oxygen atoms in total. The molecule has 0 unspecified atom stereocenters. The minimum absolute atomic E-state index is 0.648. The molecule has 0 atom stereocenters. The predicted molar refractivity (Wildman–Crippen MR) is 72.5 cm³/mol. The predicted octanol–water partition coefficient (Wildman–Crippen LogP) is 3.27. The third-order valence-electron chi connectivity index (χ3n) is 3.17. The second kappa shape index (κ2) is 5.80. The van der Waals surface area contributed by atoms with E-state index in [1.54, 1.807) is 0 Å². The summed E-state index contributed by atoms with van der Waals surface area (Å²) in [6.07, 6.45) is 5.44. The van der Waals surface area contributed by atoms with Crippen LogP contribution in [-0.4, -0.2) is 13.2 Å². The van der Waals surface area contributed by atoms with Gasteiger partial charge in [0.25, 0.3) is 0 Å². The van der Waals surface area contributed by atoms with E-state index in [9.17, 15) is 0 Å². The van der Waals surface area contributed by atoms with Crippen molar-refractivity contribution in [1.82, 2.24) is 0 Å². The summed E-state index contributed by atoms with van der Waals surface area (Å²) >= 11 is 0. The van der Waals surface area contributed by atoms with Gasteiger partial charge < -0.3 is 15.8 Å². The maximum absolute atomic E-state index is 6.04. The van der Waals surface area contributed by atoms with Gasteiger partial charge in [-0.3, -0.25) is 0 Å². The lowest BCUT2D eigenvalue weighted by molar-refractivity contribution is 0.342. The van der Waals surface area contributed by atoms with Crippen LogP contribution in [0.1, 0.15) is 32.6 Å². The molecule has 2 rings (SSSR count). The molecule has 0 bridgehead atoms. The third kappa shape index (κ3) is 3.55. The third-order valence-corrected chi connectivity index (χ3v) is 3.17. The Bertz CT molecular complexity index is 361. The van der Waals surface area contributed by atoms with Gasteiger partial charge in [-0.25, -0.2) is 0 Å². The van der Waals surface area contributed by atoms with Gasteiger partial charge in [-0.05, 0) is 37.8 Å². The second-order valence-electron chi connectivity index (χ2n) is 4.66. The molecular formula is C14H22N2O. The van der Waals surface area contributed by atoms with Crippen LogP contribution in [0.5, 0.6) is 5.75 Å². The zero-order valence-electron chi connectivity index (χ0n) is 10.5. The van der Waals surface area contributed by atoms with Crippen LogP contribution in [-0.2, 0) is 0 Å². The quantitative estimate of drug-likeness (QED) is 0.562. The molecule has 0 heterocycles. The normalized spacial score (nSPS) is 14.6. The molecule has 0 radical (unpaired) electrons. The summed E-state index contributed by atoms with van der Waals surface area (Å²) in [5.41, 5.74) is 7.75. The maximum atomic E-state index is 6.04. The van der Waals surface area contributed by atoms with Gasteiger partial charge in [-0.1, -0.05) is 18.9 Å². The number of para-hydroxylation sites is 1. The summed E-state index contributed by atoms with van der Waals surface area (Å²) < 4.78 is 5.47. The number of hydrogen-bond acceptors (Lipinski definition) is 3. The van der Waals surface area contributed by atoms with Crippen molar-refractivity contribution in [3.8, 4) is 5.75 Å². The molecule has 0 spiro atoms. The SMILES string of the molecule is CCOc1cccc(NCCCC2CC2)c1N. The molecule has 1 aliphatic rings. The van der Waals surface area contributed by atoms with E-state index in [0.717, 1.165) is 29.6 Å². The minimum atomic E-state index is 0.648. The van der Waals surface area contributed by atoms with Crippen molar-refractivity contribution in [3.63, 3.8) is 0 Å². The first-order valence-corrected chi connectivity index (χ1v) is 6.56. The van der Waals surface area contributed by atoms with E-state index < -0.39 is 0 Å². The number of nitrogens with one attached hydrogen (secondary N) is 1. The van der Waals surface area contributed by atoms with E-state index in [0.29, 0.717) is 6.61 Å². The van der Waals surface area contributed by atoms with Crippen molar-refractivity contribution in [2.45, 2.75) is 32.6 Å². The van der Waals surface area contributed by atoms with E-state index in [1.807, 2.05) is 25.1 Å². The highest BCUT2D eigenvalue weighted by Crippen LogP contribution is 2.33. The first-order chi connectivity index (χ1) is 8.31. The molecule has 0 aromatic heterocycles. The van der Waals surface area contributed by atoms with E-state index in [2.05, 4.69) is 5.32 Å². The Morgan fingerprint density at radius 2 is 2.24 bits per heavy atom. The molecule has 17 heavy (non-hydrogen) atoms. The molecule has 1 aromatic carbocycles. The molecule has 0 aliphatic heterocycles. The summed E-state index contributed by atoms with van der Waals surface area (Å²) in [6, 6.07) is 5.90. The van der Waals surface area contributed by atoms with Gasteiger partial charge in [0, 0.05) is 6.54 Å². The number of rotatable bonds is 7. The number of anilines is 2. The number of nitrogens with two attached hydrogens (primary N) is 1. The minimum Gasteiger partial charge on any atom is -0.492 e. The van der Waals surface area contributed by atoms with Gasteiger partial charge in [0.05, 0.1) is 18.0 Å². The fourth-order valence-electron chi connectivity index (χ4n) is 2.00. The molecule has 1 aromatic rings. The average Bonchev–Trinajstić information content (AvgIpc) is 3.13. The number of ether oxygens (including phenoxy) is 1. The van der Waals surface area contributed by atoms with Crippen LogP contribution in [0.4, 0.5) is 11.4 Å². The highest BCUT2D eigenvalue weighted by Gasteiger charge is 2.19. The number of hydrogen-bond donors (Lipinski definition) is 2. The highest BCUT2D eigenvalue weighted by atomic mass is 16.5. The van der Waals surface area contributed by atoms with Gasteiger partial charge in [-0.15, -0.1) is 0 Å². The average molecular weight is 234 g/mol. The second-order valence-corrected chi connectivity index (χ2v) is 4.66. The molecule has 94 valence electrons. The Labute approximate surface area is 103 Å².